The Morgan fingerprint density at radius 3 is 2.73 bits per heavy atom. The van der Waals surface area contributed by atoms with Gasteiger partial charge in [-0.2, -0.15) is 5.10 Å². The Balaban J connectivity index is 1.55. The maximum absolute atomic E-state index is 10.5. The highest BCUT2D eigenvalue weighted by atomic mass is 16.3. The molecule has 22 heavy (non-hydrogen) atoms. The van der Waals surface area contributed by atoms with Crippen LogP contribution in [0.5, 0.6) is 0 Å². The van der Waals surface area contributed by atoms with E-state index in [0.29, 0.717) is 0 Å². The molecule has 0 bridgehead atoms. The fraction of sp³-hybridized carbons (Fsp3) is 0.667. The predicted octanol–water partition coefficient (Wildman–Crippen LogP) is 0.977. The molecule has 0 aromatic carbocycles. The van der Waals surface area contributed by atoms with Crippen LogP contribution in [0.15, 0.2) is 18.7 Å². The van der Waals surface area contributed by atoms with Gasteiger partial charge >= 0.3 is 0 Å². The zero-order chi connectivity index (χ0) is 15.5. The maximum atomic E-state index is 10.5. The second-order valence-corrected chi connectivity index (χ2v) is 5.95. The second-order valence-electron chi connectivity index (χ2n) is 5.95. The van der Waals surface area contributed by atoms with Gasteiger partial charge in [-0.15, -0.1) is 0 Å². The lowest BCUT2D eigenvalue weighted by Crippen LogP contribution is -2.36. The Bertz CT molecular complexity index is 599. The average Bonchev–Trinajstić information content (AvgIpc) is 3.16. The van der Waals surface area contributed by atoms with E-state index in [2.05, 4.69) is 26.9 Å². The van der Waals surface area contributed by atoms with Crippen molar-refractivity contribution in [3.63, 3.8) is 0 Å². The van der Waals surface area contributed by atoms with Crippen molar-refractivity contribution in [3.05, 3.63) is 30.4 Å². The maximum Gasteiger partial charge on any atom is 0.140 e. The highest BCUT2D eigenvalue weighted by Crippen LogP contribution is 2.30. The summed E-state index contributed by atoms with van der Waals surface area (Å²) in [6.07, 6.45) is 6.73. The first-order chi connectivity index (χ1) is 10.7. The quantitative estimate of drug-likeness (QED) is 0.891. The molecular weight excluding hydrogens is 280 g/mol. The molecule has 3 heterocycles. The van der Waals surface area contributed by atoms with Crippen LogP contribution in [-0.4, -0.2) is 47.4 Å². The van der Waals surface area contributed by atoms with Gasteiger partial charge in [0.05, 0.1) is 6.54 Å². The van der Waals surface area contributed by atoms with Crippen molar-refractivity contribution >= 4 is 0 Å². The fourth-order valence-corrected chi connectivity index (χ4v) is 3.17. The van der Waals surface area contributed by atoms with Crippen LogP contribution in [0, 0.1) is 5.92 Å². The number of nitrogens with zero attached hydrogens (tertiary/aromatic N) is 6. The third-order valence-electron chi connectivity index (χ3n) is 4.56. The smallest absolute Gasteiger partial charge is 0.140 e. The summed E-state index contributed by atoms with van der Waals surface area (Å²) in [6.45, 7) is 5.71. The summed E-state index contributed by atoms with van der Waals surface area (Å²) in [7, 11) is 1.93. The van der Waals surface area contributed by atoms with Crippen LogP contribution < -0.4 is 0 Å². The second kappa shape index (κ2) is 6.58. The van der Waals surface area contributed by atoms with Crippen LogP contribution in [-0.2, 0) is 20.1 Å². The molecule has 0 aliphatic carbocycles. The van der Waals surface area contributed by atoms with E-state index in [4.69, 9.17) is 0 Å². The minimum absolute atomic E-state index is 0.279. The van der Waals surface area contributed by atoms with Crippen LogP contribution >= 0.6 is 0 Å². The lowest BCUT2D eigenvalue weighted by atomic mass is 9.90. The van der Waals surface area contributed by atoms with E-state index in [-0.39, 0.29) is 5.92 Å². The van der Waals surface area contributed by atoms with Crippen molar-refractivity contribution in [1.82, 2.24) is 29.2 Å². The Morgan fingerprint density at radius 1 is 1.32 bits per heavy atom. The van der Waals surface area contributed by atoms with Crippen LogP contribution in [0.3, 0.4) is 0 Å². The Hall–Kier alpha value is -1.73. The highest BCUT2D eigenvalue weighted by molar-refractivity contribution is 4.98. The molecule has 3 rings (SSSR count). The molecule has 1 saturated heterocycles. The summed E-state index contributed by atoms with van der Waals surface area (Å²) in [5, 5.41) is 14.7. The molecular formula is C15H24N6O. The zero-order valence-corrected chi connectivity index (χ0v) is 13.3. The summed E-state index contributed by atoms with van der Waals surface area (Å²) >= 11 is 0. The van der Waals surface area contributed by atoms with Gasteiger partial charge in [0.25, 0.3) is 0 Å². The molecule has 7 nitrogen and oxygen atoms in total. The van der Waals surface area contributed by atoms with Gasteiger partial charge < -0.3 is 9.67 Å². The first-order valence-electron chi connectivity index (χ1n) is 7.93. The molecule has 2 aromatic rings. The largest absolute Gasteiger partial charge is 0.385 e. The van der Waals surface area contributed by atoms with Crippen LogP contribution in [0.4, 0.5) is 0 Å². The van der Waals surface area contributed by atoms with Crippen molar-refractivity contribution in [2.24, 2.45) is 13.0 Å². The summed E-state index contributed by atoms with van der Waals surface area (Å²) in [6, 6.07) is 0. The summed E-state index contributed by atoms with van der Waals surface area (Å²) in [5.41, 5.74) is 0. The minimum Gasteiger partial charge on any atom is -0.385 e. The molecule has 7 heteroatoms. The summed E-state index contributed by atoms with van der Waals surface area (Å²) in [4.78, 5) is 11.0. The topological polar surface area (TPSA) is 72.0 Å². The first kappa shape index (κ1) is 15.2. The number of likely N-dealkylation sites (tertiary alicyclic amines) is 1. The van der Waals surface area contributed by atoms with Crippen molar-refractivity contribution in [1.29, 1.82) is 0 Å². The van der Waals surface area contributed by atoms with E-state index in [1.807, 2.05) is 22.5 Å². The fourth-order valence-electron chi connectivity index (χ4n) is 3.17. The monoisotopic (exact) mass is 304 g/mol. The van der Waals surface area contributed by atoms with Crippen LogP contribution in [0.1, 0.15) is 37.5 Å². The lowest BCUT2D eigenvalue weighted by Gasteiger charge is -2.33. The van der Waals surface area contributed by atoms with Crippen LogP contribution in [0.25, 0.3) is 0 Å². The lowest BCUT2D eigenvalue weighted by molar-refractivity contribution is 0.0482. The van der Waals surface area contributed by atoms with Crippen molar-refractivity contribution in [3.8, 4) is 0 Å². The van der Waals surface area contributed by atoms with Gasteiger partial charge in [-0.1, -0.05) is 0 Å². The number of aryl methyl sites for hydroxylation is 2. The van der Waals surface area contributed by atoms with E-state index in [1.54, 1.807) is 12.5 Å². The van der Waals surface area contributed by atoms with Crippen molar-refractivity contribution in [2.75, 3.05) is 13.1 Å². The van der Waals surface area contributed by atoms with Gasteiger partial charge in [-0.3, -0.25) is 4.90 Å². The van der Waals surface area contributed by atoms with Crippen molar-refractivity contribution in [2.45, 2.75) is 39.0 Å². The number of imidazole rings is 1. The standard InChI is InChI=1S/C15H24N6O/c1-3-21-13(17-11-18-21)10-20-7-4-12(5-8-20)14(22)15-16-6-9-19(15)2/h6,9,11-12,14,22H,3-5,7-8,10H2,1-2H3/t14-/m0/s1. The number of hydrogen-bond acceptors (Lipinski definition) is 5. The highest BCUT2D eigenvalue weighted by Gasteiger charge is 2.28. The third-order valence-corrected chi connectivity index (χ3v) is 4.56. The van der Waals surface area contributed by atoms with Gasteiger partial charge in [0.1, 0.15) is 24.1 Å². The Kier molecular flexibility index (Phi) is 4.54. The number of aliphatic hydroxyl groups excluding tert-OH is 1. The molecule has 1 aliphatic rings. The molecule has 1 aliphatic heterocycles. The average molecular weight is 304 g/mol. The number of aliphatic hydroxyl groups is 1. The normalized spacial score (nSPS) is 18.7. The molecule has 1 fully saturated rings. The predicted molar refractivity (Wildman–Crippen MR) is 81.9 cm³/mol. The van der Waals surface area contributed by atoms with E-state index in [1.165, 1.54) is 0 Å². The Labute approximate surface area is 130 Å². The van der Waals surface area contributed by atoms with Crippen LogP contribution in [0.2, 0.25) is 0 Å². The first-order valence-corrected chi connectivity index (χ1v) is 7.93. The van der Waals surface area contributed by atoms with E-state index in [0.717, 1.165) is 50.7 Å². The molecule has 1 N–H and O–H groups in total. The van der Waals surface area contributed by atoms with Gasteiger partial charge in [-0.25, -0.2) is 14.6 Å². The van der Waals surface area contributed by atoms with E-state index in [9.17, 15) is 5.11 Å². The van der Waals surface area contributed by atoms with E-state index >= 15 is 0 Å². The Morgan fingerprint density at radius 2 is 2.09 bits per heavy atom. The number of aromatic nitrogens is 5. The van der Waals surface area contributed by atoms with Gasteiger partial charge in [0.15, 0.2) is 0 Å². The molecule has 2 aromatic heterocycles. The molecule has 0 saturated carbocycles. The zero-order valence-electron chi connectivity index (χ0n) is 13.3. The molecule has 120 valence electrons. The van der Waals surface area contributed by atoms with Gasteiger partial charge in [-0.05, 0) is 38.8 Å². The van der Waals surface area contributed by atoms with Gasteiger partial charge in [0, 0.05) is 26.0 Å². The molecule has 0 amide bonds. The van der Waals surface area contributed by atoms with Crippen molar-refractivity contribution < 1.29 is 5.11 Å². The molecule has 0 unspecified atom stereocenters. The molecule has 0 radical (unpaired) electrons. The minimum atomic E-state index is -0.471. The molecule has 0 spiro atoms. The number of rotatable bonds is 5. The summed E-state index contributed by atoms with van der Waals surface area (Å²) in [5.74, 6) is 2.07. The third kappa shape index (κ3) is 3.05. The van der Waals surface area contributed by atoms with E-state index < -0.39 is 6.10 Å². The molecule has 1 atom stereocenters. The SMILES string of the molecule is CCn1ncnc1CN1CCC([C@H](O)c2nccn2C)CC1. The summed E-state index contributed by atoms with van der Waals surface area (Å²) < 4.78 is 3.84. The van der Waals surface area contributed by atoms with Gasteiger partial charge in [0.2, 0.25) is 0 Å². The number of hydrogen-bond donors (Lipinski definition) is 1. The number of piperidine rings is 1.